The van der Waals surface area contributed by atoms with E-state index in [1.165, 1.54) is 0 Å². The van der Waals surface area contributed by atoms with Gasteiger partial charge in [-0.2, -0.15) is 0 Å². The van der Waals surface area contributed by atoms with E-state index >= 15 is 0 Å². The highest BCUT2D eigenvalue weighted by Crippen LogP contribution is 2.44. The van der Waals surface area contributed by atoms with Crippen LogP contribution in [0.25, 0.3) is 27.7 Å². The van der Waals surface area contributed by atoms with E-state index in [0.717, 1.165) is 27.7 Å². The molecule has 3 aromatic carbocycles. The molecule has 24 heavy (non-hydrogen) atoms. The minimum atomic E-state index is -0.00865. The lowest BCUT2D eigenvalue weighted by molar-refractivity contribution is 0.104. The Balaban J connectivity index is 1.98. The summed E-state index contributed by atoms with van der Waals surface area (Å²) in [6, 6.07) is 23.8. The Morgan fingerprint density at radius 1 is 0.750 bits per heavy atom. The molecule has 3 heteroatoms. The Kier molecular flexibility index (Phi) is 2.73. The summed E-state index contributed by atoms with van der Waals surface area (Å²) >= 11 is 6.33. The molecule has 0 fully saturated rings. The van der Waals surface area contributed by atoms with Crippen molar-refractivity contribution in [3.05, 3.63) is 89.1 Å². The normalized spacial score (nSPS) is 12.5. The van der Waals surface area contributed by atoms with Crippen LogP contribution >= 0.6 is 11.6 Å². The fraction of sp³-hybridized carbons (Fsp3) is 0. The first-order valence-corrected chi connectivity index (χ1v) is 8.17. The van der Waals surface area contributed by atoms with Gasteiger partial charge >= 0.3 is 0 Å². The molecule has 4 aromatic rings. The molecular weight excluding hydrogens is 318 g/mol. The molecule has 0 aliphatic carbocycles. The van der Waals surface area contributed by atoms with Crippen LogP contribution in [-0.4, -0.2) is 10.4 Å². The van der Waals surface area contributed by atoms with E-state index in [2.05, 4.69) is 12.1 Å². The Morgan fingerprint density at radius 3 is 2.33 bits per heavy atom. The number of benzene rings is 3. The van der Waals surface area contributed by atoms with Gasteiger partial charge in [0, 0.05) is 10.9 Å². The predicted molar refractivity (Wildman–Crippen MR) is 97.2 cm³/mol. The molecule has 0 saturated heterocycles. The number of carbonyl (C=O) groups is 1. The minimum Gasteiger partial charge on any atom is -0.305 e. The maximum absolute atomic E-state index is 13.2. The summed E-state index contributed by atoms with van der Waals surface area (Å²) in [6.45, 7) is 0. The van der Waals surface area contributed by atoms with Crippen LogP contribution in [0.1, 0.15) is 16.1 Å². The summed E-state index contributed by atoms with van der Waals surface area (Å²) < 4.78 is 2.04. The van der Waals surface area contributed by atoms with Crippen molar-refractivity contribution < 1.29 is 4.79 Å². The number of carbonyl (C=O) groups excluding carboxylic acids is 1. The SMILES string of the molecule is O=C1c2c(Cl)cccc2-n2c1c(-c1ccccc1)c1ccccc12. The number of rotatable bonds is 1. The van der Waals surface area contributed by atoms with E-state index in [1.807, 2.05) is 59.2 Å². The molecule has 0 radical (unpaired) electrons. The Labute approximate surface area is 143 Å². The third-order valence-corrected chi connectivity index (χ3v) is 4.93. The van der Waals surface area contributed by atoms with Crippen LogP contribution in [0.3, 0.4) is 0 Å². The number of hydrogen-bond acceptors (Lipinski definition) is 1. The molecule has 0 spiro atoms. The third kappa shape index (κ3) is 1.64. The highest BCUT2D eigenvalue weighted by Gasteiger charge is 2.34. The summed E-state index contributed by atoms with van der Waals surface area (Å²) in [4.78, 5) is 13.2. The standard InChI is InChI=1S/C21H12ClNO/c22-15-10-6-12-17-19(15)21(24)20-18(13-7-2-1-3-8-13)14-9-4-5-11-16(14)23(17)20/h1-12H. The van der Waals surface area contributed by atoms with Crippen LogP contribution in [0.15, 0.2) is 72.8 Å². The molecule has 5 rings (SSSR count). The molecule has 114 valence electrons. The van der Waals surface area contributed by atoms with Gasteiger partial charge in [-0.15, -0.1) is 0 Å². The summed E-state index contributed by atoms with van der Waals surface area (Å²) in [5.74, 6) is -0.00865. The molecule has 2 heterocycles. The summed E-state index contributed by atoms with van der Waals surface area (Å²) in [5.41, 5.74) is 5.20. The van der Waals surface area contributed by atoms with Crippen molar-refractivity contribution in [2.24, 2.45) is 0 Å². The molecule has 0 N–H and O–H groups in total. The average Bonchev–Trinajstić information content (AvgIpc) is 3.10. The van der Waals surface area contributed by atoms with E-state index < -0.39 is 0 Å². The lowest BCUT2D eigenvalue weighted by atomic mass is 9.98. The molecule has 0 amide bonds. The molecule has 0 bridgehead atoms. The predicted octanol–water partition coefficient (Wildman–Crippen LogP) is 5.50. The summed E-state index contributed by atoms with van der Waals surface area (Å²) in [5, 5.41) is 1.59. The van der Waals surface area contributed by atoms with Gasteiger partial charge in [0.2, 0.25) is 5.78 Å². The smallest absolute Gasteiger partial charge is 0.214 e. The number of nitrogens with zero attached hydrogens (tertiary/aromatic N) is 1. The van der Waals surface area contributed by atoms with Crippen molar-refractivity contribution in [2.45, 2.75) is 0 Å². The molecule has 1 aliphatic rings. The van der Waals surface area contributed by atoms with Crippen molar-refractivity contribution in [3.8, 4) is 16.8 Å². The fourth-order valence-corrected chi connectivity index (χ4v) is 3.90. The lowest BCUT2D eigenvalue weighted by Gasteiger charge is -2.04. The largest absolute Gasteiger partial charge is 0.305 e. The van der Waals surface area contributed by atoms with E-state index in [0.29, 0.717) is 16.3 Å². The van der Waals surface area contributed by atoms with Gasteiger partial charge in [-0.1, -0.05) is 66.2 Å². The molecule has 1 aromatic heterocycles. The number of halogens is 1. The molecule has 2 nitrogen and oxygen atoms in total. The van der Waals surface area contributed by atoms with Crippen LogP contribution in [0.4, 0.5) is 0 Å². The quantitative estimate of drug-likeness (QED) is 0.398. The van der Waals surface area contributed by atoms with Crippen LogP contribution in [0.2, 0.25) is 5.02 Å². The summed E-state index contributed by atoms with van der Waals surface area (Å²) in [6.07, 6.45) is 0. The molecule has 0 saturated carbocycles. The first-order valence-electron chi connectivity index (χ1n) is 7.80. The highest BCUT2D eigenvalue weighted by atomic mass is 35.5. The van der Waals surface area contributed by atoms with Crippen LogP contribution in [0.5, 0.6) is 0 Å². The number of aromatic nitrogens is 1. The highest BCUT2D eigenvalue weighted by molar-refractivity contribution is 6.37. The van der Waals surface area contributed by atoms with Crippen molar-refractivity contribution in [1.29, 1.82) is 0 Å². The van der Waals surface area contributed by atoms with Crippen molar-refractivity contribution in [1.82, 2.24) is 4.57 Å². The average molecular weight is 330 g/mol. The molecule has 0 unspecified atom stereocenters. The van der Waals surface area contributed by atoms with Gasteiger partial charge in [0.05, 0.1) is 21.8 Å². The second-order valence-electron chi connectivity index (χ2n) is 5.91. The van der Waals surface area contributed by atoms with Crippen LogP contribution < -0.4 is 0 Å². The van der Waals surface area contributed by atoms with E-state index in [9.17, 15) is 4.79 Å². The molecule has 0 atom stereocenters. The maximum atomic E-state index is 13.2. The second kappa shape index (κ2) is 4.83. The number of hydrogen-bond donors (Lipinski definition) is 0. The van der Waals surface area contributed by atoms with Crippen LogP contribution in [0, 0.1) is 0 Å². The van der Waals surface area contributed by atoms with Gasteiger partial charge < -0.3 is 4.57 Å². The van der Waals surface area contributed by atoms with Gasteiger partial charge in [0.1, 0.15) is 5.69 Å². The van der Waals surface area contributed by atoms with Crippen molar-refractivity contribution in [3.63, 3.8) is 0 Å². The summed E-state index contributed by atoms with van der Waals surface area (Å²) in [7, 11) is 0. The van der Waals surface area contributed by atoms with Gasteiger partial charge in [-0.3, -0.25) is 4.79 Å². The Hall–Kier alpha value is -2.84. The number of para-hydroxylation sites is 1. The monoisotopic (exact) mass is 329 g/mol. The first-order chi connectivity index (χ1) is 11.8. The third-order valence-electron chi connectivity index (χ3n) is 4.61. The molecule has 1 aliphatic heterocycles. The van der Waals surface area contributed by atoms with Crippen molar-refractivity contribution in [2.75, 3.05) is 0 Å². The van der Waals surface area contributed by atoms with E-state index in [-0.39, 0.29) is 5.78 Å². The zero-order chi connectivity index (χ0) is 16.3. The fourth-order valence-electron chi connectivity index (χ4n) is 3.64. The van der Waals surface area contributed by atoms with Crippen molar-refractivity contribution >= 4 is 28.3 Å². The second-order valence-corrected chi connectivity index (χ2v) is 6.31. The maximum Gasteiger partial charge on any atom is 0.214 e. The van der Waals surface area contributed by atoms with E-state index in [1.54, 1.807) is 6.07 Å². The van der Waals surface area contributed by atoms with Gasteiger partial charge in [-0.25, -0.2) is 0 Å². The minimum absolute atomic E-state index is 0.00865. The van der Waals surface area contributed by atoms with E-state index in [4.69, 9.17) is 11.6 Å². The van der Waals surface area contributed by atoms with Gasteiger partial charge in [0.15, 0.2) is 0 Å². The molecular formula is C21H12ClNO. The topological polar surface area (TPSA) is 22.0 Å². The first kappa shape index (κ1) is 13.6. The Bertz CT molecular complexity index is 1130. The Morgan fingerprint density at radius 2 is 1.50 bits per heavy atom. The zero-order valence-corrected chi connectivity index (χ0v) is 13.4. The van der Waals surface area contributed by atoms with Crippen LogP contribution in [-0.2, 0) is 0 Å². The number of fused-ring (bicyclic) bond motifs is 5. The lowest BCUT2D eigenvalue weighted by Crippen LogP contribution is -1.98. The zero-order valence-electron chi connectivity index (χ0n) is 12.7. The van der Waals surface area contributed by atoms with Gasteiger partial charge in [-0.05, 0) is 23.8 Å². The van der Waals surface area contributed by atoms with Gasteiger partial charge in [0.25, 0.3) is 0 Å². The number of ketones is 1.